The van der Waals surface area contributed by atoms with Crippen molar-refractivity contribution in [3.8, 4) is 16.9 Å². The Morgan fingerprint density at radius 2 is 1.48 bits per heavy atom. The summed E-state index contributed by atoms with van der Waals surface area (Å²) in [5, 5.41) is 9.36. The fourth-order valence-corrected chi connectivity index (χ4v) is 3.64. The van der Waals surface area contributed by atoms with Crippen molar-refractivity contribution in [1.82, 2.24) is 4.90 Å². The van der Waals surface area contributed by atoms with Gasteiger partial charge in [-0.3, -0.25) is 0 Å². The minimum absolute atomic E-state index is 0.0587. The van der Waals surface area contributed by atoms with Gasteiger partial charge in [0.2, 0.25) is 0 Å². The van der Waals surface area contributed by atoms with Gasteiger partial charge in [0, 0.05) is 19.5 Å². The first-order valence-corrected chi connectivity index (χ1v) is 8.97. The van der Waals surface area contributed by atoms with Crippen molar-refractivity contribution in [3.05, 3.63) is 89.5 Å². The maximum absolute atomic E-state index is 12.4. The third kappa shape index (κ3) is 3.38. The number of amides is 1. The minimum Gasteiger partial charge on any atom is -0.508 e. The smallest absolute Gasteiger partial charge is 0.409 e. The van der Waals surface area contributed by atoms with Crippen LogP contribution in [0.2, 0.25) is 0 Å². The monoisotopic (exact) mass is 359 g/mol. The highest BCUT2D eigenvalue weighted by Crippen LogP contribution is 2.44. The van der Waals surface area contributed by atoms with Gasteiger partial charge in [0.1, 0.15) is 12.4 Å². The molecule has 0 spiro atoms. The number of aromatic hydroxyl groups is 1. The van der Waals surface area contributed by atoms with Gasteiger partial charge in [-0.1, -0.05) is 60.7 Å². The Bertz CT molecular complexity index is 920. The molecule has 27 heavy (non-hydrogen) atoms. The van der Waals surface area contributed by atoms with Crippen molar-refractivity contribution in [2.45, 2.75) is 12.5 Å². The summed E-state index contributed by atoms with van der Waals surface area (Å²) in [7, 11) is 1.71. The molecule has 0 bridgehead atoms. The average Bonchev–Trinajstić information content (AvgIpc) is 3.02. The van der Waals surface area contributed by atoms with E-state index in [1.54, 1.807) is 36.2 Å². The molecule has 1 aliphatic rings. The van der Waals surface area contributed by atoms with Crippen LogP contribution >= 0.6 is 0 Å². The van der Waals surface area contributed by atoms with Crippen molar-refractivity contribution in [1.29, 1.82) is 0 Å². The lowest BCUT2D eigenvalue weighted by atomic mass is 9.98. The number of rotatable bonds is 4. The van der Waals surface area contributed by atoms with Gasteiger partial charge < -0.3 is 14.7 Å². The van der Waals surface area contributed by atoms with E-state index in [0.717, 1.165) is 5.56 Å². The third-order valence-corrected chi connectivity index (χ3v) is 5.00. The van der Waals surface area contributed by atoms with Crippen molar-refractivity contribution < 1.29 is 14.6 Å². The second-order valence-corrected chi connectivity index (χ2v) is 6.83. The summed E-state index contributed by atoms with van der Waals surface area (Å²) in [4.78, 5) is 14.0. The van der Waals surface area contributed by atoms with Crippen LogP contribution in [0.3, 0.4) is 0 Å². The van der Waals surface area contributed by atoms with Crippen molar-refractivity contribution in [2.75, 3.05) is 13.7 Å². The Morgan fingerprint density at radius 1 is 0.926 bits per heavy atom. The quantitative estimate of drug-likeness (QED) is 0.730. The van der Waals surface area contributed by atoms with Gasteiger partial charge in [-0.05, 0) is 39.9 Å². The molecule has 0 aromatic heterocycles. The first-order chi connectivity index (χ1) is 13.1. The second-order valence-electron chi connectivity index (χ2n) is 6.83. The molecule has 0 saturated heterocycles. The highest BCUT2D eigenvalue weighted by molar-refractivity contribution is 5.79. The standard InChI is InChI=1S/C23H21NO3/c1-24(14-16-10-12-17(25)13-11-16)23(26)27-15-22-20-8-4-2-6-18(20)19-7-3-5-9-21(19)22/h2-13,22,25H,14-15H2,1H3. The topological polar surface area (TPSA) is 49.8 Å². The molecule has 0 atom stereocenters. The number of hydrogen-bond acceptors (Lipinski definition) is 3. The molecule has 136 valence electrons. The van der Waals surface area contributed by atoms with Crippen LogP contribution in [0.5, 0.6) is 5.75 Å². The first-order valence-electron chi connectivity index (χ1n) is 8.97. The van der Waals surface area contributed by atoms with E-state index in [-0.39, 0.29) is 17.8 Å². The number of carbonyl (C=O) groups excluding carboxylic acids is 1. The molecule has 4 rings (SSSR count). The first kappa shape index (κ1) is 17.2. The molecule has 0 aliphatic heterocycles. The van der Waals surface area contributed by atoms with E-state index in [4.69, 9.17) is 4.74 Å². The molecule has 0 saturated carbocycles. The lowest BCUT2D eigenvalue weighted by Crippen LogP contribution is -2.28. The summed E-state index contributed by atoms with van der Waals surface area (Å²) in [5.74, 6) is 0.269. The van der Waals surface area contributed by atoms with E-state index < -0.39 is 0 Å². The normalized spacial score (nSPS) is 12.3. The number of benzene rings is 3. The van der Waals surface area contributed by atoms with Crippen LogP contribution in [-0.4, -0.2) is 29.8 Å². The van der Waals surface area contributed by atoms with Gasteiger partial charge in [0.15, 0.2) is 0 Å². The molecule has 4 nitrogen and oxygen atoms in total. The highest BCUT2D eigenvalue weighted by atomic mass is 16.6. The molecule has 0 radical (unpaired) electrons. The van der Waals surface area contributed by atoms with Gasteiger partial charge in [0.25, 0.3) is 0 Å². The van der Waals surface area contributed by atoms with E-state index in [1.807, 2.05) is 24.3 Å². The third-order valence-electron chi connectivity index (χ3n) is 5.00. The maximum atomic E-state index is 12.4. The molecule has 0 unspecified atom stereocenters. The number of fused-ring (bicyclic) bond motifs is 3. The molecule has 1 amide bonds. The predicted octanol–water partition coefficient (Wildman–Crippen LogP) is 4.77. The number of carbonyl (C=O) groups is 1. The van der Waals surface area contributed by atoms with Crippen molar-refractivity contribution in [3.63, 3.8) is 0 Å². The molecular weight excluding hydrogens is 338 g/mol. The lowest BCUT2D eigenvalue weighted by Gasteiger charge is -2.20. The molecular formula is C23H21NO3. The molecule has 3 aromatic carbocycles. The van der Waals surface area contributed by atoms with Crippen LogP contribution in [0.4, 0.5) is 4.79 Å². The second kappa shape index (κ2) is 7.16. The van der Waals surface area contributed by atoms with Crippen LogP contribution in [0, 0.1) is 0 Å². The van der Waals surface area contributed by atoms with Crippen LogP contribution in [0.25, 0.3) is 11.1 Å². The Morgan fingerprint density at radius 3 is 2.07 bits per heavy atom. The summed E-state index contributed by atoms with van der Waals surface area (Å²) in [6.07, 6.45) is -0.357. The zero-order valence-electron chi connectivity index (χ0n) is 15.1. The van der Waals surface area contributed by atoms with Crippen LogP contribution in [0.1, 0.15) is 22.6 Å². The molecule has 1 N–H and O–H groups in total. The van der Waals surface area contributed by atoms with E-state index in [9.17, 15) is 9.90 Å². The highest BCUT2D eigenvalue weighted by Gasteiger charge is 2.29. The van der Waals surface area contributed by atoms with Gasteiger partial charge in [-0.15, -0.1) is 0 Å². The van der Waals surface area contributed by atoms with Crippen LogP contribution < -0.4 is 0 Å². The number of ether oxygens (including phenoxy) is 1. The SMILES string of the molecule is CN(Cc1ccc(O)cc1)C(=O)OCC1c2ccccc2-c2ccccc21. The van der Waals surface area contributed by atoms with Crippen LogP contribution in [-0.2, 0) is 11.3 Å². The van der Waals surface area contributed by atoms with E-state index in [0.29, 0.717) is 13.2 Å². The predicted molar refractivity (Wildman–Crippen MR) is 105 cm³/mol. The van der Waals surface area contributed by atoms with Crippen molar-refractivity contribution in [2.24, 2.45) is 0 Å². The number of phenolic OH excluding ortho intramolecular Hbond substituents is 1. The number of phenols is 1. The molecule has 0 fully saturated rings. The summed E-state index contributed by atoms with van der Waals surface area (Å²) in [6.45, 7) is 0.740. The molecule has 0 heterocycles. The zero-order valence-corrected chi connectivity index (χ0v) is 15.1. The van der Waals surface area contributed by atoms with Gasteiger partial charge in [0.05, 0.1) is 0 Å². The Labute approximate surface area is 158 Å². The Kier molecular flexibility index (Phi) is 4.55. The molecule has 3 aromatic rings. The van der Waals surface area contributed by atoms with E-state index >= 15 is 0 Å². The molecule has 4 heteroatoms. The summed E-state index contributed by atoms with van der Waals surface area (Å²) >= 11 is 0. The zero-order chi connectivity index (χ0) is 18.8. The lowest BCUT2D eigenvalue weighted by molar-refractivity contribution is 0.106. The Balaban J connectivity index is 1.45. The van der Waals surface area contributed by atoms with E-state index in [1.165, 1.54) is 22.3 Å². The average molecular weight is 359 g/mol. The summed E-state index contributed by atoms with van der Waals surface area (Å²) < 4.78 is 5.63. The number of hydrogen-bond donors (Lipinski definition) is 1. The fraction of sp³-hybridized carbons (Fsp3) is 0.174. The number of nitrogens with zero attached hydrogens (tertiary/aromatic N) is 1. The van der Waals surface area contributed by atoms with E-state index in [2.05, 4.69) is 24.3 Å². The maximum Gasteiger partial charge on any atom is 0.409 e. The van der Waals surface area contributed by atoms with Gasteiger partial charge in [-0.2, -0.15) is 0 Å². The molecule has 1 aliphatic carbocycles. The fourth-order valence-electron chi connectivity index (χ4n) is 3.64. The summed E-state index contributed by atoms with van der Waals surface area (Å²) in [6, 6.07) is 23.4. The van der Waals surface area contributed by atoms with Gasteiger partial charge in [-0.25, -0.2) is 4.79 Å². The van der Waals surface area contributed by atoms with Crippen LogP contribution in [0.15, 0.2) is 72.8 Å². The largest absolute Gasteiger partial charge is 0.508 e. The summed E-state index contributed by atoms with van der Waals surface area (Å²) in [5.41, 5.74) is 5.77. The van der Waals surface area contributed by atoms with Crippen molar-refractivity contribution >= 4 is 6.09 Å². The van der Waals surface area contributed by atoms with Gasteiger partial charge >= 0.3 is 6.09 Å². The minimum atomic E-state index is -0.357. The Hall–Kier alpha value is -3.27.